The van der Waals surface area contributed by atoms with Crippen LogP contribution in [0.5, 0.6) is 0 Å². The Bertz CT molecular complexity index is 911. The highest BCUT2D eigenvalue weighted by atomic mass is 32.2. The summed E-state index contributed by atoms with van der Waals surface area (Å²) in [5, 5.41) is 0. The van der Waals surface area contributed by atoms with Gasteiger partial charge in [0, 0.05) is 22.9 Å². The fourth-order valence-corrected chi connectivity index (χ4v) is 3.13. The van der Waals surface area contributed by atoms with E-state index >= 15 is 0 Å². The molecule has 24 heavy (non-hydrogen) atoms. The Kier molecular flexibility index (Phi) is 4.83. The molecule has 122 valence electrons. The van der Waals surface area contributed by atoms with Gasteiger partial charge in [0.05, 0.1) is 11.4 Å². The Morgan fingerprint density at radius 3 is 2.62 bits per heavy atom. The summed E-state index contributed by atoms with van der Waals surface area (Å²) in [5.74, 6) is -0.727. The van der Waals surface area contributed by atoms with Gasteiger partial charge in [0.2, 0.25) is 0 Å². The summed E-state index contributed by atoms with van der Waals surface area (Å²) in [6.07, 6.45) is 1.67. The molecule has 0 amide bonds. The summed E-state index contributed by atoms with van der Waals surface area (Å²) < 4.78 is 34.0. The molecule has 0 saturated heterocycles. The molecule has 0 saturated carbocycles. The van der Waals surface area contributed by atoms with Crippen molar-refractivity contribution in [3.63, 3.8) is 0 Å². The molecule has 0 aliphatic rings. The Morgan fingerprint density at radius 2 is 1.92 bits per heavy atom. The van der Waals surface area contributed by atoms with E-state index in [1.54, 1.807) is 12.3 Å². The molecule has 1 atom stereocenters. The van der Waals surface area contributed by atoms with E-state index < -0.39 is 16.9 Å². The van der Waals surface area contributed by atoms with Gasteiger partial charge in [-0.1, -0.05) is 48.0 Å². The minimum atomic E-state index is -2.07. The lowest BCUT2D eigenvalue weighted by Gasteiger charge is -2.11. The summed E-state index contributed by atoms with van der Waals surface area (Å²) in [4.78, 5) is 4.41. The molecular formula is C19H16FNO2S. The van der Waals surface area contributed by atoms with Crippen LogP contribution in [0.25, 0.3) is 22.4 Å². The highest BCUT2D eigenvalue weighted by Gasteiger charge is 2.12. The van der Waals surface area contributed by atoms with Crippen molar-refractivity contribution in [2.24, 2.45) is 0 Å². The fraction of sp³-hybridized carbons (Fsp3) is 0.105. The molecule has 1 heterocycles. The van der Waals surface area contributed by atoms with Crippen molar-refractivity contribution in [3.8, 4) is 22.4 Å². The number of benzene rings is 2. The first-order valence-electron chi connectivity index (χ1n) is 7.43. The number of nitrogens with zero attached hydrogens (tertiary/aromatic N) is 1. The van der Waals surface area contributed by atoms with Gasteiger partial charge in [0.1, 0.15) is 5.82 Å². The van der Waals surface area contributed by atoms with Gasteiger partial charge in [-0.2, -0.15) is 0 Å². The average molecular weight is 341 g/mol. The van der Waals surface area contributed by atoms with Crippen LogP contribution in [-0.4, -0.2) is 13.7 Å². The van der Waals surface area contributed by atoms with Crippen molar-refractivity contribution in [1.29, 1.82) is 0 Å². The number of pyridine rings is 1. The largest absolute Gasteiger partial charge is 0.306 e. The second-order valence-corrected chi connectivity index (χ2v) is 6.47. The first-order valence-corrected chi connectivity index (χ1v) is 8.70. The normalized spacial score (nSPS) is 12.1. The summed E-state index contributed by atoms with van der Waals surface area (Å²) in [6.45, 7) is 2.02. The standard InChI is InChI=1S/C19H16FNO2S/c1-13-4-2-5-14(10-13)17-6-3-9-21-19(17)15-7-8-16(12-24(22)23)18(20)11-15/h2-11H,12H2,1H3,(H,22,23). The van der Waals surface area contributed by atoms with Crippen molar-refractivity contribution in [2.75, 3.05) is 0 Å². The van der Waals surface area contributed by atoms with Crippen molar-refractivity contribution < 1.29 is 13.2 Å². The lowest BCUT2D eigenvalue weighted by Crippen LogP contribution is -1.97. The molecular weight excluding hydrogens is 325 g/mol. The van der Waals surface area contributed by atoms with Gasteiger partial charge in [-0.15, -0.1) is 0 Å². The maximum Gasteiger partial charge on any atom is 0.157 e. The van der Waals surface area contributed by atoms with E-state index in [0.29, 0.717) is 11.3 Å². The lowest BCUT2D eigenvalue weighted by molar-refractivity contribution is 0.559. The first kappa shape index (κ1) is 16.5. The number of hydrogen-bond acceptors (Lipinski definition) is 2. The average Bonchev–Trinajstić information content (AvgIpc) is 2.56. The summed E-state index contributed by atoms with van der Waals surface area (Å²) in [5.41, 5.74) is 4.59. The number of aromatic nitrogens is 1. The minimum Gasteiger partial charge on any atom is -0.306 e. The molecule has 3 aromatic rings. The van der Waals surface area contributed by atoms with Gasteiger partial charge >= 0.3 is 0 Å². The molecule has 0 aliphatic heterocycles. The van der Waals surface area contributed by atoms with E-state index in [0.717, 1.165) is 16.7 Å². The Balaban J connectivity index is 2.08. The number of hydrogen-bond donors (Lipinski definition) is 1. The summed E-state index contributed by atoms with van der Waals surface area (Å²) in [7, 11) is 0. The van der Waals surface area contributed by atoms with E-state index in [4.69, 9.17) is 4.55 Å². The van der Waals surface area contributed by atoms with Crippen LogP contribution in [0.4, 0.5) is 4.39 Å². The highest BCUT2D eigenvalue weighted by molar-refractivity contribution is 7.78. The number of aryl methyl sites for hydroxylation is 1. The van der Waals surface area contributed by atoms with Crippen LogP contribution in [-0.2, 0) is 16.8 Å². The SMILES string of the molecule is Cc1cccc(-c2cccnc2-c2ccc(CS(=O)O)c(F)c2)c1. The molecule has 1 unspecified atom stereocenters. The van der Waals surface area contributed by atoms with Gasteiger partial charge in [-0.05, 0) is 24.6 Å². The van der Waals surface area contributed by atoms with E-state index in [9.17, 15) is 8.60 Å². The lowest BCUT2D eigenvalue weighted by atomic mass is 9.97. The molecule has 5 heteroatoms. The zero-order valence-electron chi connectivity index (χ0n) is 13.1. The van der Waals surface area contributed by atoms with Crippen LogP contribution >= 0.6 is 0 Å². The quantitative estimate of drug-likeness (QED) is 0.706. The van der Waals surface area contributed by atoms with E-state index in [1.807, 2.05) is 37.3 Å². The van der Waals surface area contributed by atoms with E-state index in [2.05, 4.69) is 11.1 Å². The van der Waals surface area contributed by atoms with Crippen molar-refractivity contribution in [2.45, 2.75) is 12.7 Å². The van der Waals surface area contributed by atoms with E-state index in [1.165, 1.54) is 12.1 Å². The van der Waals surface area contributed by atoms with Gasteiger partial charge < -0.3 is 4.55 Å². The van der Waals surface area contributed by atoms with Crippen molar-refractivity contribution in [1.82, 2.24) is 4.98 Å². The first-order chi connectivity index (χ1) is 11.5. The molecule has 3 nitrogen and oxygen atoms in total. The Labute approximate surface area is 142 Å². The van der Waals surface area contributed by atoms with Gasteiger partial charge in [-0.25, -0.2) is 8.60 Å². The molecule has 1 aromatic heterocycles. The summed E-state index contributed by atoms with van der Waals surface area (Å²) >= 11 is -2.07. The number of halogens is 1. The maximum absolute atomic E-state index is 14.2. The smallest absolute Gasteiger partial charge is 0.157 e. The third kappa shape index (κ3) is 3.58. The van der Waals surface area contributed by atoms with Gasteiger partial charge in [0.15, 0.2) is 11.1 Å². The zero-order chi connectivity index (χ0) is 17.1. The second kappa shape index (κ2) is 7.03. The van der Waals surface area contributed by atoms with Crippen LogP contribution in [0.15, 0.2) is 60.8 Å². The molecule has 2 aromatic carbocycles. The maximum atomic E-state index is 14.2. The third-order valence-corrected chi connectivity index (χ3v) is 4.30. The predicted octanol–water partition coefficient (Wildman–Crippen LogP) is 4.58. The van der Waals surface area contributed by atoms with E-state index in [-0.39, 0.29) is 11.3 Å². The van der Waals surface area contributed by atoms with Crippen LogP contribution in [0.2, 0.25) is 0 Å². The topological polar surface area (TPSA) is 50.2 Å². The van der Waals surface area contributed by atoms with Gasteiger partial charge in [-0.3, -0.25) is 4.98 Å². The van der Waals surface area contributed by atoms with Crippen LogP contribution < -0.4 is 0 Å². The summed E-state index contributed by atoms with van der Waals surface area (Å²) in [6, 6.07) is 16.5. The van der Waals surface area contributed by atoms with Crippen molar-refractivity contribution >= 4 is 11.1 Å². The molecule has 0 radical (unpaired) electrons. The minimum absolute atomic E-state index is 0.215. The van der Waals surface area contributed by atoms with Crippen LogP contribution in [0, 0.1) is 12.7 Å². The highest BCUT2D eigenvalue weighted by Crippen LogP contribution is 2.31. The third-order valence-electron chi connectivity index (χ3n) is 3.74. The van der Waals surface area contributed by atoms with Crippen molar-refractivity contribution in [3.05, 3.63) is 77.7 Å². The monoisotopic (exact) mass is 341 g/mol. The zero-order valence-corrected chi connectivity index (χ0v) is 13.9. The molecule has 0 aliphatic carbocycles. The molecule has 3 rings (SSSR count). The molecule has 0 spiro atoms. The predicted molar refractivity (Wildman–Crippen MR) is 94.3 cm³/mol. The molecule has 0 fully saturated rings. The molecule has 1 N–H and O–H groups in total. The fourth-order valence-electron chi connectivity index (χ4n) is 2.63. The second-order valence-electron chi connectivity index (χ2n) is 5.54. The van der Waals surface area contributed by atoms with Crippen LogP contribution in [0.1, 0.15) is 11.1 Å². The van der Waals surface area contributed by atoms with Crippen LogP contribution in [0.3, 0.4) is 0 Å². The van der Waals surface area contributed by atoms with Gasteiger partial charge in [0.25, 0.3) is 0 Å². The molecule has 0 bridgehead atoms. The Hall–Kier alpha value is -2.37. The Morgan fingerprint density at radius 1 is 1.08 bits per heavy atom. The number of rotatable bonds is 4.